The summed E-state index contributed by atoms with van der Waals surface area (Å²) in [6.07, 6.45) is -1.24. The van der Waals surface area contributed by atoms with Crippen molar-refractivity contribution in [2.24, 2.45) is 0 Å². The lowest BCUT2D eigenvalue weighted by molar-refractivity contribution is -0.137. The first-order chi connectivity index (χ1) is 14.4. The molecule has 2 N–H and O–H groups in total. The van der Waals surface area contributed by atoms with Gasteiger partial charge in [-0.25, -0.2) is 4.98 Å². The Kier molecular flexibility index (Phi) is 7.05. The van der Waals surface area contributed by atoms with E-state index in [1.165, 1.54) is 12.1 Å². The fourth-order valence-electron chi connectivity index (χ4n) is 3.84. The van der Waals surface area contributed by atoms with Crippen LogP contribution in [0.1, 0.15) is 41.6 Å². The molecule has 1 aliphatic carbocycles. The first-order valence-corrected chi connectivity index (χ1v) is 9.99. The molecule has 1 saturated carbocycles. The summed E-state index contributed by atoms with van der Waals surface area (Å²) >= 11 is 0. The molecule has 3 aromatic rings. The summed E-state index contributed by atoms with van der Waals surface area (Å²) in [6, 6.07) is 16.7. The Morgan fingerprint density at radius 2 is 1.61 bits per heavy atom. The van der Waals surface area contributed by atoms with Crippen LogP contribution in [0.5, 0.6) is 0 Å². The Morgan fingerprint density at radius 3 is 2.35 bits per heavy atom. The van der Waals surface area contributed by atoms with Gasteiger partial charge in [-0.15, -0.1) is 12.4 Å². The summed E-state index contributed by atoms with van der Waals surface area (Å²) in [5, 5.41) is 7.41. The molecule has 4 rings (SSSR count). The van der Waals surface area contributed by atoms with Gasteiger partial charge < -0.3 is 10.6 Å². The van der Waals surface area contributed by atoms with Gasteiger partial charge in [-0.05, 0) is 62.1 Å². The van der Waals surface area contributed by atoms with Crippen molar-refractivity contribution >= 4 is 35.0 Å². The van der Waals surface area contributed by atoms with Crippen molar-refractivity contribution in [2.75, 3.05) is 5.32 Å². The number of halogens is 4. The maximum atomic E-state index is 12.9. The fourth-order valence-corrected chi connectivity index (χ4v) is 3.84. The number of benzene rings is 2. The quantitative estimate of drug-likeness (QED) is 0.527. The highest BCUT2D eigenvalue weighted by Crippen LogP contribution is 2.30. The highest BCUT2D eigenvalue weighted by atomic mass is 35.5. The summed E-state index contributed by atoms with van der Waals surface area (Å²) in [5.41, 5.74) is 0.154. The van der Waals surface area contributed by atoms with Gasteiger partial charge in [0.15, 0.2) is 0 Å². The molecule has 0 unspecified atom stereocenters. The monoisotopic (exact) mass is 449 g/mol. The second-order valence-electron chi connectivity index (χ2n) is 7.63. The van der Waals surface area contributed by atoms with E-state index in [0.29, 0.717) is 0 Å². The van der Waals surface area contributed by atoms with Gasteiger partial charge in [0.25, 0.3) is 5.91 Å². The van der Waals surface area contributed by atoms with Gasteiger partial charge in [-0.2, -0.15) is 13.2 Å². The molecular weight excluding hydrogens is 427 g/mol. The van der Waals surface area contributed by atoms with Crippen LogP contribution in [0.15, 0.2) is 60.7 Å². The zero-order chi connectivity index (χ0) is 21.1. The highest BCUT2D eigenvalue weighted by molar-refractivity contribution is 5.94. The number of amides is 1. The molecule has 31 heavy (non-hydrogen) atoms. The first kappa shape index (κ1) is 22.9. The number of fused-ring (bicyclic) bond motifs is 1. The van der Waals surface area contributed by atoms with E-state index in [4.69, 9.17) is 0 Å². The van der Waals surface area contributed by atoms with E-state index in [1.807, 2.05) is 36.4 Å². The number of carbonyl (C=O) groups excluding carboxylic acids is 1. The average molecular weight is 450 g/mol. The highest BCUT2D eigenvalue weighted by Gasteiger charge is 2.31. The summed E-state index contributed by atoms with van der Waals surface area (Å²) in [5.74, 6) is 0.360. The summed E-state index contributed by atoms with van der Waals surface area (Å²) < 4.78 is 38.6. The second-order valence-corrected chi connectivity index (χ2v) is 7.63. The van der Waals surface area contributed by atoms with Crippen molar-refractivity contribution in [2.45, 2.75) is 43.9 Å². The normalized spacial score (nSPS) is 18.8. The lowest BCUT2D eigenvalue weighted by Crippen LogP contribution is -2.40. The van der Waals surface area contributed by atoms with Gasteiger partial charge in [-0.1, -0.05) is 24.3 Å². The third-order valence-electron chi connectivity index (χ3n) is 5.46. The third kappa shape index (κ3) is 5.67. The number of aromatic nitrogens is 1. The molecule has 0 radical (unpaired) electrons. The SMILES string of the molecule is Cl.O=C(N[C@H]1CC[C@@H](Nc2ccc3ccccc3n2)CC1)c1cccc(C(F)(F)F)c1. The number of hydrogen-bond acceptors (Lipinski definition) is 3. The van der Waals surface area contributed by atoms with Crippen LogP contribution in [0.4, 0.5) is 19.0 Å². The number of para-hydroxylation sites is 1. The molecule has 1 heterocycles. The van der Waals surface area contributed by atoms with Gasteiger partial charge in [0.1, 0.15) is 5.82 Å². The van der Waals surface area contributed by atoms with Gasteiger partial charge >= 0.3 is 6.18 Å². The standard InChI is InChI=1S/C23H22F3N3O.ClH/c24-23(25,26)17-6-3-5-16(14-17)22(30)28-19-11-9-18(10-12-19)27-21-13-8-15-4-1-2-7-20(15)29-21;/h1-8,13-14,18-19H,9-12H2,(H,27,29)(H,28,30);1H/t18-,19+;. The van der Waals surface area contributed by atoms with Crippen LogP contribution in [0.2, 0.25) is 0 Å². The van der Waals surface area contributed by atoms with E-state index in [1.54, 1.807) is 0 Å². The largest absolute Gasteiger partial charge is 0.416 e. The third-order valence-corrected chi connectivity index (χ3v) is 5.46. The Labute approximate surface area is 184 Å². The predicted octanol–water partition coefficient (Wildman–Crippen LogP) is 5.83. The molecule has 0 atom stereocenters. The lowest BCUT2D eigenvalue weighted by Gasteiger charge is -2.30. The molecule has 2 aromatic carbocycles. The minimum absolute atomic E-state index is 0. The van der Waals surface area contributed by atoms with Crippen LogP contribution in [-0.2, 0) is 6.18 Å². The first-order valence-electron chi connectivity index (χ1n) is 9.99. The lowest BCUT2D eigenvalue weighted by atomic mass is 9.91. The molecule has 0 aliphatic heterocycles. The minimum atomic E-state index is -4.46. The summed E-state index contributed by atoms with van der Waals surface area (Å²) in [7, 11) is 0. The van der Waals surface area contributed by atoms with Crippen molar-refractivity contribution in [1.29, 1.82) is 0 Å². The van der Waals surface area contributed by atoms with Crippen molar-refractivity contribution in [3.05, 3.63) is 71.8 Å². The number of anilines is 1. The molecule has 1 amide bonds. The molecule has 4 nitrogen and oxygen atoms in total. The van der Waals surface area contributed by atoms with Crippen LogP contribution >= 0.6 is 12.4 Å². The maximum Gasteiger partial charge on any atom is 0.416 e. The molecule has 1 fully saturated rings. The Morgan fingerprint density at radius 1 is 0.903 bits per heavy atom. The second kappa shape index (κ2) is 9.56. The van der Waals surface area contributed by atoms with Crippen LogP contribution in [0.25, 0.3) is 10.9 Å². The maximum absolute atomic E-state index is 12.9. The Hall–Kier alpha value is -2.80. The number of pyridine rings is 1. The smallest absolute Gasteiger partial charge is 0.367 e. The Balaban J connectivity index is 0.00000272. The molecule has 0 spiro atoms. The number of hydrogen-bond donors (Lipinski definition) is 2. The van der Waals surface area contributed by atoms with Gasteiger partial charge in [0.05, 0.1) is 11.1 Å². The molecule has 0 saturated heterocycles. The van der Waals surface area contributed by atoms with Crippen molar-refractivity contribution in [3.8, 4) is 0 Å². The van der Waals surface area contributed by atoms with Crippen molar-refractivity contribution in [3.63, 3.8) is 0 Å². The number of alkyl halides is 3. The van der Waals surface area contributed by atoms with E-state index in [-0.39, 0.29) is 30.1 Å². The minimum Gasteiger partial charge on any atom is -0.367 e. The molecular formula is C23H23ClF3N3O. The van der Waals surface area contributed by atoms with E-state index in [0.717, 1.165) is 54.5 Å². The van der Waals surface area contributed by atoms with Gasteiger partial charge in [-0.3, -0.25) is 4.79 Å². The number of carbonyl (C=O) groups is 1. The zero-order valence-electron chi connectivity index (χ0n) is 16.7. The zero-order valence-corrected chi connectivity index (χ0v) is 17.5. The van der Waals surface area contributed by atoms with Crippen molar-refractivity contribution < 1.29 is 18.0 Å². The van der Waals surface area contributed by atoms with E-state index in [2.05, 4.69) is 15.6 Å². The van der Waals surface area contributed by atoms with Crippen LogP contribution in [-0.4, -0.2) is 23.0 Å². The summed E-state index contributed by atoms with van der Waals surface area (Å²) in [6.45, 7) is 0. The van der Waals surface area contributed by atoms with Crippen LogP contribution < -0.4 is 10.6 Å². The van der Waals surface area contributed by atoms with Crippen LogP contribution in [0, 0.1) is 0 Å². The summed E-state index contributed by atoms with van der Waals surface area (Å²) in [4.78, 5) is 17.0. The molecule has 1 aromatic heterocycles. The number of rotatable bonds is 4. The van der Waals surface area contributed by atoms with Gasteiger partial charge in [0, 0.05) is 23.0 Å². The molecule has 164 valence electrons. The number of nitrogens with one attached hydrogen (secondary N) is 2. The van der Waals surface area contributed by atoms with Crippen LogP contribution in [0.3, 0.4) is 0 Å². The number of nitrogens with zero attached hydrogens (tertiary/aromatic N) is 1. The molecule has 0 bridgehead atoms. The van der Waals surface area contributed by atoms with E-state index >= 15 is 0 Å². The fraction of sp³-hybridized carbons (Fsp3) is 0.304. The van der Waals surface area contributed by atoms with E-state index in [9.17, 15) is 18.0 Å². The topological polar surface area (TPSA) is 54.0 Å². The Bertz CT molecular complexity index is 1050. The van der Waals surface area contributed by atoms with Gasteiger partial charge in [0.2, 0.25) is 0 Å². The van der Waals surface area contributed by atoms with Crippen molar-refractivity contribution in [1.82, 2.24) is 10.3 Å². The molecule has 8 heteroatoms. The average Bonchev–Trinajstić information content (AvgIpc) is 2.74. The predicted molar refractivity (Wildman–Crippen MR) is 118 cm³/mol. The molecule has 1 aliphatic rings. The van der Waals surface area contributed by atoms with E-state index < -0.39 is 17.6 Å².